The number of hydrogen-bond donors (Lipinski definition) is 1. The van der Waals surface area contributed by atoms with Gasteiger partial charge in [-0.3, -0.25) is 4.79 Å². The van der Waals surface area contributed by atoms with Crippen molar-refractivity contribution in [2.45, 2.75) is 31.0 Å². The lowest BCUT2D eigenvalue weighted by Gasteiger charge is -2.34. The highest BCUT2D eigenvalue weighted by Gasteiger charge is 2.32. The molecule has 162 valence electrons. The maximum Gasteiger partial charge on any atom is 0.255 e. The fraction of sp³-hybridized carbons (Fsp3) is 0.286. The minimum Gasteiger partial charge on any atom is -0.373 e. The topological polar surface area (TPSA) is 106 Å². The van der Waals surface area contributed by atoms with Crippen LogP contribution in [0.15, 0.2) is 66.0 Å². The van der Waals surface area contributed by atoms with Crippen LogP contribution in [0.2, 0.25) is 0 Å². The predicted molar refractivity (Wildman–Crippen MR) is 115 cm³/mol. The molecule has 1 saturated heterocycles. The van der Waals surface area contributed by atoms with E-state index in [2.05, 4.69) is 15.4 Å². The second-order valence-electron chi connectivity index (χ2n) is 7.39. The third-order valence-corrected chi connectivity index (χ3v) is 6.70. The molecule has 1 aliphatic heterocycles. The van der Waals surface area contributed by atoms with Crippen molar-refractivity contribution in [2.24, 2.45) is 0 Å². The van der Waals surface area contributed by atoms with Crippen LogP contribution in [0.4, 0.5) is 5.69 Å². The van der Waals surface area contributed by atoms with Crippen molar-refractivity contribution in [3.05, 3.63) is 66.6 Å². The highest BCUT2D eigenvalue weighted by atomic mass is 32.2. The van der Waals surface area contributed by atoms with Gasteiger partial charge in [0, 0.05) is 37.2 Å². The number of aromatic nitrogens is 3. The molecule has 1 fully saturated rings. The molecule has 1 aliphatic rings. The Labute approximate surface area is 180 Å². The lowest BCUT2D eigenvalue weighted by molar-refractivity contribution is -0.0440. The first-order valence-corrected chi connectivity index (χ1v) is 11.3. The van der Waals surface area contributed by atoms with E-state index >= 15 is 0 Å². The van der Waals surface area contributed by atoms with Crippen LogP contribution in [0.25, 0.3) is 5.82 Å². The van der Waals surface area contributed by atoms with E-state index < -0.39 is 15.9 Å². The number of hydrogen-bond acceptors (Lipinski definition) is 6. The highest BCUT2D eigenvalue weighted by molar-refractivity contribution is 7.89. The molecular weight excluding hydrogens is 418 g/mol. The van der Waals surface area contributed by atoms with Crippen LogP contribution in [-0.2, 0) is 14.8 Å². The van der Waals surface area contributed by atoms with Crippen molar-refractivity contribution >= 4 is 21.6 Å². The molecule has 1 amide bonds. The molecule has 0 aliphatic carbocycles. The number of amides is 1. The Kier molecular flexibility index (Phi) is 5.86. The van der Waals surface area contributed by atoms with E-state index in [9.17, 15) is 13.2 Å². The van der Waals surface area contributed by atoms with Crippen LogP contribution in [0.3, 0.4) is 0 Å². The molecule has 2 unspecified atom stereocenters. The first-order valence-electron chi connectivity index (χ1n) is 9.86. The van der Waals surface area contributed by atoms with Crippen molar-refractivity contribution in [1.82, 2.24) is 19.1 Å². The molecule has 9 nitrogen and oxygen atoms in total. The number of rotatable bonds is 5. The van der Waals surface area contributed by atoms with Gasteiger partial charge in [0.25, 0.3) is 5.91 Å². The normalized spacial score (nSPS) is 19.8. The Morgan fingerprint density at radius 1 is 1.10 bits per heavy atom. The van der Waals surface area contributed by atoms with Crippen molar-refractivity contribution < 1.29 is 17.9 Å². The van der Waals surface area contributed by atoms with Crippen LogP contribution < -0.4 is 5.32 Å². The van der Waals surface area contributed by atoms with E-state index in [4.69, 9.17) is 4.74 Å². The summed E-state index contributed by atoms with van der Waals surface area (Å²) >= 11 is 0. The summed E-state index contributed by atoms with van der Waals surface area (Å²) in [5, 5.41) is 6.94. The lowest BCUT2D eigenvalue weighted by Crippen LogP contribution is -2.48. The molecule has 3 aromatic rings. The number of carbonyl (C=O) groups is 1. The van der Waals surface area contributed by atoms with Crippen LogP contribution >= 0.6 is 0 Å². The Bertz CT molecular complexity index is 1170. The van der Waals surface area contributed by atoms with Crippen molar-refractivity contribution in [2.75, 3.05) is 18.4 Å². The van der Waals surface area contributed by atoms with Gasteiger partial charge in [0.15, 0.2) is 5.82 Å². The summed E-state index contributed by atoms with van der Waals surface area (Å²) in [6.07, 6.45) is 4.54. The zero-order chi connectivity index (χ0) is 22.0. The summed E-state index contributed by atoms with van der Waals surface area (Å²) in [6, 6.07) is 11.2. The Morgan fingerprint density at radius 2 is 1.87 bits per heavy atom. The standard InChI is InChI=1S/C21H23N5O4S/c1-15-13-25(14-16(2)30-15)31(28,29)18-7-3-6-17(12-18)21(27)24-19-8-4-9-22-20(19)26-11-5-10-23-26/h3-12,15-16H,13-14H2,1-2H3,(H,24,27). The quantitative estimate of drug-likeness (QED) is 0.651. The Morgan fingerprint density at radius 3 is 2.58 bits per heavy atom. The maximum atomic E-state index is 13.1. The highest BCUT2D eigenvalue weighted by Crippen LogP contribution is 2.23. The van der Waals surface area contributed by atoms with Crippen molar-refractivity contribution in [3.8, 4) is 5.82 Å². The average Bonchev–Trinajstić information content (AvgIpc) is 3.28. The average molecular weight is 442 g/mol. The van der Waals surface area contributed by atoms with Gasteiger partial charge in [-0.1, -0.05) is 6.07 Å². The molecule has 10 heteroatoms. The van der Waals surface area contributed by atoms with Gasteiger partial charge in [0.1, 0.15) is 0 Å². The number of morpholine rings is 1. The number of nitrogens with zero attached hydrogens (tertiary/aromatic N) is 4. The molecule has 1 N–H and O–H groups in total. The number of anilines is 1. The van der Waals surface area contributed by atoms with Crippen LogP contribution in [0.1, 0.15) is 24.2 Å². The van der Waals surface area contributed by atoms with Gasteiger partial charge in [-0.15, -0.1) is 0 Å². The molecule has 3 heterocycles. The van der Waals surface area contributed by atoms with Crippen molar-refractivity contribution in [3.63, 3.8) is 0 Å². The summed E-state index contributed by atoms with van der Waals surface area (Å²) in [4.78, 5) is 17.2. The van der Waals surface area contributed by atoms with Crippen LogP contribution in [0, 0.1) is 0 Å². The lowest BCUT2D eigenvalue weighted by atomic mass is 10.2. The smallest absolute Gasteiger partial charge is 0.255 e. The van der Waals surface area contributed by atoms with Crippen molar-refractivity contribution in [1.29, 1.82) is 0 Å². The van der Waals surface area contributed by atoms with Gasteiger partial charge >= 0.3 is 0 Å². The SMILES string of the molecule is CC1CN(S(=O)(=O)c2cccc(C(=O)Nc3cccnc3-n3cccn3)c2)CC(C)O1. The minimum atomic E-state index is -3.75. The van der Waals surface area contributed by atoms with E-state index in [0.29, 0.717) is 11.5 Å². The summed E-state index contributed by atoms with van der Waals surface area (Å²) in [5.41, 5.74) is 0.686. The summed E-state index contributed by atoms with van der Waals surface area (Å²) < 4.78 is 34.9. The largest absolute Gasteiger partial charge is 0.373 e. The van der Waals surface area contributed by atoms with Gasteiger partial charge in [-0.25, -0.2) is 18.1 Å². The molecule has 2 atom stereocenters. The van der Waals surface area contributed by atoms with Gasteiger partial charge in [-0.2, -0.15) is 9.40 Å². The monoisotopic (exact) mass is 441 g/mol. The molecule has 31 heavy (non-hydrogen) atoms. The van der Waals surface area contributed by atoms with E-state index in [1.807, 2.05) is 13.8 Å². The molecule has 4 rings (SSSR count). The van der Waals surface area contributed by atoms with Gasteiger partial charge in [0.05, 0.1) is 22.8 Å². The predicted octanol–water partition coefficient (Wildman–Crippen LogP) is 2.32. The van der Waals surface area contributed by atoms with Gasteiger partial charge in [0.2, 0.25) is 10.0 Å². The van der Waals surface area contributed by atoms with Crippen LogP contribution in [0.5, 0.6) is 0 Å². The van der Waals surface area contributed by atoms with Gasteiger partial charge < -0.3 is 10.1 Å². The van der Waals surface area contributed by atoms with Gasteiger partial charge in [-0.05, 0) is 50.2 Å². The summed E-state index contributed by atoms with van der Waals surface area (Å²) in [5.74, 6) is 0.0167. The molecule has 2 aromatic heterocycles. The summed E-state index contributed by atoms with van der Waals surface area (Å²) in [7, 11) is -3.75. The second kappa shape index (κ2) is 8.58. The number of sulfonamides is 1. The molecular formula is C21H23N5O4S. The maximum absolute atomic E-state index is 13.1. The Balaban J connectivity index is 1.59. The number of benzene rings is 1. The number of carbonyl (C=O) groups excluding carboxylic acids is 1. The zero-order valence-corrected chi connectivity index (χ0v) is 18.0. The molecule has 0 radical (unpaired) electrons. The van der Waals surface area contributed by atoms with E-state index in [0.717, 1.165) is 0 Å². The fourth-order valence-corrected chi connectivity index (χ4v) is 5.18. The number of nitrogens with one attached hydrogen (secondary N) is 1. The molecule has 0 bridgehead atoms. The fourth-order valence-electron chi connectivity index (χ4n) is 3.54. The van der Waals surface area contributed by atoms with Crippen LogP contribution in [-0.4, -0.2) is 58.7 Å². The second-order valence-corrected chi connectivity index (χ2v) is 9.32. The summed E-state index contributed by atoms with van der Waals surface area (Å²) in [6.45, 7) is 4.22. The van der Waals surface area contributed by atoms with E-state index in [-0.39, 0.29) is 35.8 Å². The Hall–Kier alpha value is -3.08. The first kappa shape index (κ1) is 21.2. The van der Waals surface area contributed by atoms with E-state index in [1.54, 1.807) is 48.9 Å². The third-order valence-electron chi connectivity index (χ3n) is 4.88. The number of ether oxygens (including phenoxy) is 1. The number of pyridine rings is 1. The molecule has 0 spiro atoms. The van der Waals surface area contributed by atoms with E-state index in [1.165, 1.54) is 21.1 Å². The zero-order valence-electron chi connectivity index (χ0n) is 17.2. The first-order chi connectivity index (χ1) is 14.8. The minimum absolute atomic E-state index is 0.0694. The third kappa shape index (κ3) is 4.50. The molecule has 1 aromatic carbocycles. The molecule has 0 saturated carbocycles.